The van der Waals surface area contributed by atoms with Crippen molar-refractivity contribution in [3.05, 3.63) is 22.8 Å². The fourth-order valence-corrected chi connectivity index (χ4v) is 3.18. The first kappa shape index (κ1) is 19.2. The molecule has 0 saturated heterocycles. The Balaban J connectivity index is 3.56. The van der Waals surface area contributed by atoms with Gasteiger partial charge in [0.1, 0.15) is 0 Å². The largest absolute Gasteiger partial charge is 0.504 e. The first-order valence-electron chi connectivity index (χ1n) is 7.60. The molecule has 5 nitrogen and oxygen atoms in total. The fourth-order valence-electron chi connectivity index (χ4n) is 3.18. The third-order valence-electron chi connectivity index (χ3n) is 3.88. The first-order chi connectivity index (χ1) is 10.6. The van der Waals surface area contributed by atoms with Gasteiger partial charge in [-0.1, -0.05) is 25.5 Å². The van der Waals surface area contributed by atoms with E-state index in [0.717, 1.165) is 5.57 Å². The summed E-state index contributed by atoms with van der Waals surface area (Å²) in [5.41, 5.74) is 1.53. The molecule has 0 heterocycles. The zero-order valence-corrected chi connectivity index (χ0v) is 15.0. The lowest BCUT2D eigenvalue weighted by atomic mass is 9.79. The van der Waals surface area contributed by atoms with Crippen LogP contribution in [0.25, 0.3) is 0 Å². The van der Waals surface area contributed by atoms with Crippen LogP contribution in [0, 0.1) is 6.92 Å². The highest BCUT2D eigenvalue weighted by Crippen LogP contribution is 2.52. The van der Waals surface area contributed by atoms with Gasteiger partial charge in [0.05, 0.1) is 20.3 Å². The van der Waals surface area contributed by atoms with Crippen LogP contribution in [0.3, 0.4) is 0 Å². The number of benzene rings is 1. The summed E-state index contributed by atoms with van der Waals surface area (Å²) in [6.45, 7) is 9.26. The third kappa shape index (κ3) is 3.91. The Morgan fingerprint density at radius 3 is 2.04 bits per heavy atom. The maximum atomic E-state index is 10.6. The summed E-state index contributed by atoms with van der Waals surface area (Å²) in [5, 5.41) is 30.5. The molecule has 0 bridgehead atoms. The molecule has 0 radical (unpaired) electrons. The van der Waals surface area contributed by atoms with Crippen molar-refractivity contribution in [3.63, 3.8) is 0 Å². The maximum Gasteiger partial charge on any atom is 0.207 e. The topological polar surface area (TPSA) is 79.2 Å². The highest BCUT2D eigenvalue weighted by molar-refractivity contribution is 5.68. The molecule has 0 aromatic heterocycles. The number of aliphatic hydroxyl groups is 1. The lowest BCUT2D eigenvalue weighted by molar-refractivity contribution is 0.195. The molecule has 0 spiro atoms. The monoisotopic (exact) mass is 324 g/mol. The summed E-state index contributed by atoms with van der Waals surface area (Å²) in [4.78, 5) is 0. The Morgan fingerprint density at radius 2 is 1.61 bits per heavy atom. The minimum atomic E-state index is -0.565. The van der Waals surface area contributed by atoms with Gasteiger partial charge in [0.2, 0.25) is 11.5 Å². The van der Waals surface area contributed by atoms with Gasteiger partial charge in [-0.2, -0.15) is 0 Å². The molecule has 0 aliphatic heterocycles. The molecule has 23 heavy (non-hydrogen) atoms. The lowest BCUT2D eigenvalue weighted by Crippen LogP contribution is -2.18. The van der Waals surface area contributed by atoms with Gasteiger partial charge in [-0.3, -0.25) is 0 Å². The zero-order valence-electron chi connectivity index (χ0n) is 15.0. The highest BCUT2D eigenvalue weighted by atomic mass is 16.5. The van der Waals surface area contributed by atoms with E-state index in [0.29, 0.717) is 17.5 Å². The second-order valence-corrected chi connectivity index (χ2v) is 6.53. The number of allylic oxidation sites excluding steroid dienone is 1. The number of hydrogen-bond donors (Lipinski definition) is 3. The molecule has 3 N–H and O–H groups in total. The van der Waals surface area contributed by atoms with Crippen molar-refractivity contribution in [1.82, 2.24) is 0 Å². The average Bonchev–Trinajstić information content (AvgIpc) is 2.40. The molecule has 1 atom stereocenters. The fraction of sp³-hybridized carbons (Fsp3) is 0.556. The Kier molecular flexibility index (Phi) is 5.94. The van der Waals surface area contributed by atoms with Gasteiger partial charge in [0.25, 0.3) is 0 Å². The van der Waals surface area contributed by atoms with E-state index < -0.39 is 11.5 Å². The summed E-state index contributed by atoms with van der Waals surface area (Å²) in [6, 6.07) is 0. The number of aromatic hydroxyl groups is 2. The van der Waals surface area contributed by atoms with Gasteiger partial charge in [0, 0.05) is 16.5 Å². The van der Waals surface area contributed by atoms with E-state index in [1.54, 1.807) is 13.8 Å². The number of hydrogen-bond acceptors (Lipinski definition) is 5. The van der Waals surface area contributed by atoms with Crippen LogP contribution < -0.4 is 9.47 Å². The van der Waals surface area contributed by atoms with Gasteiger partial charge < -0.3 is 24.8 Å². The molecule has 1 aromatic carbocycles. The first-order valence-corrected chi connectivity index (χ1v) is 7.60. The van der Waals surface area contributed by atoms with Crippen LogP contribution in [0.2, 0.25) is 0 Å². The molecule has 1 unspecified atom stereocenters. The molecule has 1 aromatic rings. The van der Waals surface area contributed by atoms with Crippen LogP contribution >= 0.6 is 0 Å². The van der Waals surface area contributed by atoms with Crippen molar-refractivity contribution in [3.8, 4) is 23.0 Å². The number of phenolic OH excluding ortho intramolecular Hbond substituents is 2. The standard InChI is InChI=1S/C18H28O5/c1-10(8-11(2)19)9-18(4,5)13-12(3)14(20)16(22-6)17(23-7)15(13)21/h9,11,19-21H,8H2,1-7H3/b10-9+. The maximum absolute atomic E-state index is 10.6. The molecule has 130 valence electrons. The van der Waals surface area contributed by atoms with Crippen molar-refractivity contribution >= 4 is 0 Å². The van der Waals surface area contributed by atoms with E-state index in [9.17, 15) is 15.3 Å². The zero-order chi connectivity index (χ0) is 17.9. The van der Waals surface area contributed by atoms with Crippen LogP contribution in [0.1, 0.15) is 45.2 Å². The predicted molar refractivity (Wildman–Crippen MR) is 90.7 cm³/mol. The Bertz CT molecular complexity index is 600. The number of methoxy groups -OCH3 is 2. The van der Waals surface area contributed by atoms with Gasteiger partial charge in [-0.25, -0.2) is 0 Å². The van der Waals surface area contributed by atoms with Gasteiger partial charge in [-0.05, 0) is 27.2 Å². The van der Waals surface area contributed by atoms with Crippen LogP contribution in [0.15, 0.2) is 11.6 Å². The normalized spacial score (nSPS) is 13.8. The van der Waals surface area contributed by atoms with Crippen LogP contribution in [0.5, 0.6) is 23.0 Å². The molecule has 0 aliphatic rings. The van der Waals surface area contributed by atoms with Crippen molar-refractivity contribution in [2.24, 2.45) is 0 Å². The molecule has 0 aliphatic carbocycles. The molecular formula is C18H28O5. The number of aliphatic hydroxyl groups excluding tert-OH is 1. The second kappa shape index (κ2) is 7.13. The summed E-state index contributed by atoms with van der Waals surface area (Å²) < 4.78 is 10.4. The minimum Gasteiger partial charge on any atom is -0.504 e. The van der Waals surface area contributed by atoms with Crippen molar-refractivity contribution in [2.45, 2.75) is 52.6 Å². The minimum absolute atomic E-state index is 0.0493. The smallest absolute Gasteiger partial charge is 0.207 e. The Morgan fingerprint density at radius 1 is 1.13 bits per heavy atom. The van der Waals surface area contributed by atoms with Crippen molar-refractivity contribution in [1.29, 1.82) is 0 Å². The summed E-state index contributed by atoms with van der Waals surface area (Å²) >= 11 is 0. The van der Waals surface area contributed by atoms with E-state index in [1.165, 1.54) is 14.2 Å². The number of rotatable bonds is 6. The molecule has 5 heteroatoms. The average molecular weight is 324 g/mol. The highest BCUT2D eigenvalue weighted by Gasteiger charge is 2.31. The van der Waals surface area contributed by atoms with Crippen molar-refractivity contribution in [2.75, 3.05) is 14.2 Å². The van der Waals surface area contributed by atoms with Crippen LogP contribution in [-0.4, -0.2) is 35.6 Å². The summed E-state index contributed by atoms with van der Waals surface area (Å²) in [7, 11) is 2.83. The lowest BCUT2D eigenvalue weighted by Gasteiger charge is -2.28. The Labute approximate surface area is 138 Å². The second-order valence-electron chi connectivity index (χ2n) is 6.53. The summed E-state index contributed by atoms with van der Waals surface area (Å²) in [5.74, 6) is 0.129. The number of phenols is 2. The van der Waals surface area contributed by atoms with E-state index in [-0.39, 0.29) is 23.0 Å². The van der Waals surface area contributed by atoms with Gasteiger partial charge in [-0.15, -0.1) is 0 Å². The molecule has 1 rings (SSSR count). The third-order valence-corrected chi connectivity index (χ3v) is 3.88. The van der Waals surface area contributed by atoms with Crippen LogP contribution in [0.4, 0.5) is 0 Å². The number of ether oxygens (including phenoxy) is 2. The van der Waals surface area contributed by atoms with Crippen molar-refractivity contribution < 1.29 is 24.8 Å². The van der Waals surface area contributed by atoms with Crippen LogP contribution in [-0.2, 0) is 5.41 Å². The molecule has 0 saturated carbocycles. The quantitative estimate of drug-likeness (QED) is 0.552. The predicted octanol–water partition coefficient (Wildman–Crippen LogP) is 3.42. The Hall–Kier alpha value is -1.88. The van der Waals surface area contributed by atoms with E-state index in [1.807, 2.05) is 26.8 Å². The van der Waals surface area contributed by atoms with E-state index in [2.05, 4.69) is 0 Å². The summed E-state index contributed by atoms with van der Waals surface area (Å²) in [6.07, 6.45) is 2.09. The molecule has 0 amide bonds. The molecule has 0 fully saturated rings. The van der Waals surface area contributed by atoms with E-state index >= 15 is 0 Å². The van der Waals surface area contributed by atoms with E-state index in [4.69, 9.17) is 9.47 Å². The van der Waals surface area contributed by atoms with Gasteiger partial charge in [0.15, 0.2) is 11.5 Å². The SMILES string of the molecule is COc1c(O)c(C)c(C(C)(C)/C=C(\C)CC(C)O)c(O)c1OC. The molecular weight excluding hydrogens is 296 g/mol. The van der Waals surface area contributed by atoms with Gasteiger partial charge >= 0.3 is 0 Å².